The normalized spacial score (nSPS) is 12.1. The van der Waals surface area contributed by atoms with E-state index in [0.29, 0.717) is 11.8 Å². The van der Waals surface area contributed by atoms with E-state index < -0.39 is 0 Å². The van der Waals surface area contributed by atoms with Crippen molar-refractivity contribution in [2.75, 3.05) is 0 Å². The zero-order valence-electron chi connectivity index (χ0n) is 29.8. The van der Waals surface area contributed by atoms with E-state index in [1.165, 1.54) is 54.8 Å². The number of para-hydroxylation sites is 2. The number of rotatable bonds is 5. The maximum absolute atomic E-state index is 6.07. The molecule has 0 unspecified atom stereocenters. The van der Waals surface area contributed by atoms with Gasteiger partial charge in [0.05, 0.1) is 22.1 Å². The molecular formula is C48H36N4O. The van der Waals surface area contributed by atoms with Crippen molar-refractivity contribution in [3.05, 3.63) is 169 Å². The first-order valence-electron chi connectivity index (χ1n) is 18.1. The van der Waals surface area contributed by atoms with Crippen molar-refractivity contribution in [2.45, 2.75) is 26.2 Å². The molecule has 0 aliphatic heterocycles. The highest BCUT2D eigenvalue weighted by Gasteiger charge is 2.20. The molecule has 0 atom stereocenters. The molecule has 0 saturated heterocycles. The van der Waals surface area contributed by atoms with Crippen LogP contribution >= 0.6 is 0 Å². The minimum absolute atomic E-state index is 0.0164. The van der Waals surface area contributed by atoms with Crippen molar-refractivity contribution >= 4 is 43.6 Å². The van der Waals surface area contributed by atoms with Crippen molar-refractivity contribution in [1.82, 2.24) is 19.3 Å². The number of hydrogen-bond donors (Lipinski definition) is 0. The van der Waals surface area contributed by atoms with Gasteiger partial charge >= 0.3 is 0 Å². The van der Waals surface area contributed by atoms with Gasteiger partial charge in [-0.1, -0.05) is 93.6 Å². The predicted octanol–water partition coefficient (Wildman–Crippen LogP) is 12.6. The summed E-state index contributed by atoms with van der Waals surface area (Å²) in [5.74, 6) is 1.01. The van der Waals surface area contributed by atoms with E-state index in [9.17, 15) is 0 Å². The molecular weight excluding hydrogens is 649 g/mol. The molecule has 0 fully saturated rings. The van der Waals surface area contributed by atoms with Gasteiger partial charge in [0, 0.05) is 44.0 Å². The van der Waals surface area contributed by atoms with Crippen LogP contribution in [0.3, 0.4) is 0 Å². The van der Waals surface area contributed by atoms with Gasteiger partial charge in [0.25, 0.3) is 0 Å². The van der Waals surface area contributed by atoms with Crippen LogP contribution in [0.1, 0.15) is 26.3 Å². The summed E-state index contributed by atoms with van der Waals surface area (Å²) in [4.78, 5) is 0. The second-order valence-electron chi connectivity index (χ2n) is 14.8. The lowest BCUT2D eigenvalue weighted by Gasteiger charge is -2.19. The molecule has 53 heavy (non-hydrogen) atoms. The highest BCUT2D eigenvalue weighted by Crippen LogP contribution is 2.40. The molecule has 3 heterocycles. The van der Waals surface area contributed by atoms with Gasteiger partial charge in [0.2, 0.25) is 11.8 Å². The summed E-state index contributed by atoms with van der Waals surface area (Å²) < 4.78 is 10.8. The minimum atomic E-state index is 0.0164. The smallest absolute Gasteiger partial charge is 0.248 e. The zero-order chi connectivity index (χ0) is 35.7. The fraction of sp³-hybridized carbons (Fsp3) is 0.0833. The average molecular weight is 685 g/mol. The fourth-order valence-corrected chi connectivity index (χ4v) is 7.75. The Hall–Kier alpha value is -6.72. The Morgan fingerprint density at radius 1 is 0.396 bits per heavy atom. The number of nitrogens with zero attached hydrogens (tertiary/aromatic N) is 4. The second-order valence-corrected chi connectivity index (χ2v) is 14.8. The molecule has 0 aliphatic carbocycles. The Bertz CT molecular complexity index is 2960. The van der Waals surface area contributed by atoms with Crippen LogP contribution in [0.2, 0.25) is 0 Å². The van der Waals surface area contributed by atoms with Gasteiger partial charge in [0.1, 0.15) is 0 Å². The second kappa shape index (κ2) is 11.9. The first-order chi connectivity index (χ1) is 25.9. The average Bonchev–Trinajstić information content (AvgIpc) is 3.91. The van der Waals surface area contributed by atoms with Crippen LogP contribution in [0.15, 0.2) is 168 Å². The summed E-state index contributed by atoms with van der Waals surface area (Å²) in [5.41, 5.74) is 12.5. The fourth-order valence-electron chi connectivity index (χ4n) is 7.75. The molecule has 0 amide bonds. The van der Waals surface area contributed by atoms with Crippen LogP contribution < -0.4 is 0 Å². The Morgan fingerprint density at radius 3 is 1.47 bits per heavy atom. The van der Waals surface area contributed by atoms with E-state index in [4.69, 9.17) is 4.42 Å². The van der Waals surface area contributed by atoms with Crippen molar-refractivity contribution < 1.29 is 4.42 Å². The maximum atomic E-state index is 6.07. The summed E-state index contributed by atoms with van der Waals surface area (Å²) in [6.07, 6.45) is 0. The van der Waals surface area contributed by atoms with Crippen LogP contribution in [-0.2, 0) is 5.41 Å². The van der Waals surface area contributed by atoms with E-state index in [1.54, 1.807) is 0 Å². The van der Waals surface area contributed by atoms with Crippen LogP contribution in [0.4, 0.5) is 0 Å². The Labute approximate surface area is 307 Å². The standard InChI is InChI=1S/C48H36N4O/c1-48(2,3)35-22-27-45-41(30-35)40-29-34(33-20-25-43-39(28-33)38-16-10-11-17-42(38)51(43)36-14-8-5-9-15-36)21-26-44(40)52(45)37-23-18-32(19-24-37)47-50-49-46(53-47)31-12-6-4-7-13-31/h4-30H,1-3H3. The predicted molar refractivity (Wildman–Crippen MR) is 218 cm³/mol. The zero-order valence-corrected chi connectivity index (χ0v) is 29.8. The van der Waals surface area contributed by atoms with Crippen molar-refractivity contribution in [1.29, 1.82) is 0 Å². The van der Waals surface area contributed by atoms with Crippen LogP contribution in [-0.4, -0.2) is 19.3 Å². The van der Waals surface area contributed by atoms with Gasteiger partial charge in [-0.3, -0.25) is 0 Å². The molecule has 5 nitrogen and oxygen atoms in total. The lowest BCUT2D eigenvalue weighted by atomic mass is 9.86. The Morgan fingerprint density at radius 2 is 0.849 bits per heavy atom. The SMILES string of the molecule is CC(C)(C)c1ccc2c(c1)c1cc(-c3ccc4c(c3)c3ccccc3n4-c3ccccc3)ccc1n2-c1ccc(-c2nnc(-c3ccccc3)o2)cc1. The summed E-state index contributed by atoms with van der Waals surface area (Å²) in [6, 6.07) is 58.3. The largest absolute Gasteiger partial charge is 0.416 e. The van der Waals surface area contributed by atoms with Gasteiger partial charge in [-0.05, 0) is 113 Å². The molecule has 10 aromatic rings. The Kier molecular flexibility index (Phi) is 6.99. The number of fused-ring (bicyclic) bond motifs is 6. The first kappa shape index (κ1) is 31.1. The highest BCUT2D eigenvalue weighted by molar-refractivity contribution is 6.12. The molecule has 0 saturated carbocycles. The molecule has 7 aromatic carbocycles. The van der Waals surface area contributed by atoms with Gasteiger partial charge in [-0.2, -0.15) is 0 Å². The molecule has 254 valence electrons. The summed E-state index contributed by atoms with van der Waals surface area (Å²) >= 11 is 0. The lowest BCUT2D eigenvalue weighted by molar-refractivity contribution is 0.584. The summed E-state index contributed by atoms with van der Waals surface area (Å²) in [7, 11) is 0. The molecule has 3 aromatic heterocycles. The van der Waals surface area contributed by atoms with Crippen molar-refractivity contribution in [3.8, 4) is 45.4 Å². The van der Waals surface area contributed by atoms with E-state index in [0.717, 1.165) is 28.0 Å². The molecule has 0 bridgehead atoms. The van der Waals surface area contributed by atoms with Gasteiger partial charge in [0.15, 0.2) is 0 Å². The molecule has 0 spiro atoms. The monoisotopic (exact) mass is 684 g/mol. The van der Waals surface area contributed by atoms with E-state index in [1.807, 2.05) is 30.3 Å². The number of aromatic nitrogens is 4. The third-order valence-electron chi connectivity index (χ3n) is 10.5. The lowest BCUT2D eigenvalue weighted by Crippen LogP contribution is -2.10. The number of hydrogen-bond acceptors (Lipinski definition) is 3. The molecule has 10 rings (SSSR count). The van der Waals surface area contributed by atoms with Crippen molar-refractivity contribution in [3.63, 3.8) is 0 Å². The van der Waals surface area contributed by atoms with E-state index >= 15 is 0 Å². The summed E-state index contributed by atoms with van der Waals surface area (Å²) in [5, 5.41) is 13.6. The highest BCUT2D eigenvalue weighted by atomic mass is 16.4. The molecule has 5 heteroatoms. The number of benzene rings is 7. The molecule has 0 N–H and O–H groups in total. The third-order valence-corrected chi connectivity index (χ3v) is 10.5. The maximum Gasteiger partial charge on any atom is 0.248 e. The quantitative estimate of drug-likeness (QED) is 0.181. The van der Waals surface area contributed by atoms with Crippen LogP contribution in [0, 0.1) is 0 Å². The van der Waals surface area contributed by atoms with Crippen LogP contribution in [0.5, 0.6) is 0 Å². The summed E-state index contributed by atoms with van der Waals surface area (Å²) in [6.45, 7) is 6.83. The topological polar surface area (TPSA) is 48.8 Å². The van der Waals surface area contributed by atoms with E-state index in [2.05, 4.69) is 174 Å². The minimum Gasteiger partial charge on any atom is -0.416 e. The van der Waals surface area contributed by atoms with Crippen LogP contribution in [0.25, 0.3) is 89.0 Å². The Balaban J connectivity index is 1.11. The van der Waals surface area contributed by atoms with Gasteiger partial charge in [-0.25, -0.2) is 0 Å². The van der Waals surface area contributed by atoms with E-state index in [-0.39, 0.29) is 5.41 Å². The third kappa shape index (κ3) is 5.15. The molecule has 0 radical (unpaired) electrons. The first-order valence-corrected chi connectivity index (χ1v) is 18.1. The molecule has 0 aliphatic rings. The van der Waals surface area contributed by atoms with Gasteiger partial charge in [-0.15, -0.1) is 10.2 Å². The van der Waals surface area contributed by atoms with Crippen molar-refractivity contribution in [2.24, 2.45) is 0 Å². The van der Waals surface area contributed by atoms with Gasteiger partial charge < -0.3 is 13.6 Å².